The molecule has 0 aromatic carbocycles. The lowest BCUT2D eigenvalue weighted by atomic mass is 9.89. The first-order valence-corrected chi connectivity index (χ1v) is 13.1. The molecule has 0 aliphatic heterocycles. The van der Waals surface area contributed by atoms with Gasteiger partial charge in [-0.2, -0.15) is 0 Å². The molecule has 4 atom stereocenters. The largest absolute Gasteiger partial charge is 0.390 e. The van der Waals surface area contributed by atoms with Gasteiger partial charge in [-0.15, -0.1) is 0 Å². The molecule has 0 aromatic heterocycles. The Morgan fingerprint density at radius 3 is 1.86 bits per heavy atom. The first-order valence-electron chi connectivity index (χ1n) is 13.1. The lowest BCUT2D eigenvalue weighted by Crippen LogP contribution is -2.70. The summed E-state index contributed by atoms with van der Waals surface area (Å²) in [5.41, 5.74) is -3.16. The van der Waals surface area contributed by atoms with Gasteiger partial charge >= 0.3 is 0 Å². The lowest BCUT2D eigenvalue weighted by molar-refractivity contribution is -0.155. The molecule has 0 saturated heterocycles. The molecule has 0 aliphatic rings. The van der Waals surface area contributed by atoms with E-state index in [1.165, 1.54) is 42.6 Å². The van der Waals surface area contributed by atoms with E-state index >= 15 is 0 Å². The van der Waals surface area contributed by atoms with Crippen LogP contribution in [0.4, 0.5) is 0 Å². The van der Waals surface area contributed by atoms with Crippen molar-refractivity contribution in [2.24, 2.45) is 11.8 Å². The Bertz CT molecular complexity index is 794. The molecule has 1 unspecified atom stereocenters. The molecule has 0 bridgehead atoms. The number of rotatable bonds is 16. The van der Waals surface area contributed by atoms with Crippen molar-refractivity contribution in [1.82, 2.24) is 20.0 Å². The maximum Gasteiger partial charge on any atom is 0.246 e. The van der Waals surface area contributed by atoms with Gasteiger partial charge in [-0.25, -0.2) is 0 Å². The normalized spacial score (nSPS) is 15.9. The van der Waals surface area contributed by atoms with Gasteiger partial charge in [0, 0.05) is 34.0 Å². The van der Waals surface area contributed by atoms with Crippen LogP contribution in [-0.4, -0.2) is 101 Å². The molecule has 0 radical (unpaired) electrons. The van der Waals surface area contributed by atoms with Crippen molar-refractivity contribution in [1.29, 1.82) is 0 Å². The lowest BCUT2D eigenvalue weighted by Gasteiger charge is -2.46. The molecule has 0 aliphatic carbocycles. The first kappa shape index (κ1) is 34.7. The number of aliphatic hydroxyl groups is 1. The van der Waals surface area contributed by atoms with Crippen molar-refractivity contribution in [2.75, 3.05) is 21.1 Å². The van der Waals surface area contributed by atoms with Crippen LogP contribution >= 0.6 is 0 Å². The van der Waals surface area contributed by atoms with E-state index in [0.717, 1.165) is 6.29 Å². The number of nitrogens with zero attached hydrogens (tertiary/aromatic N) is 3. The second-order valence-corrected chi connectivity index (χ2v) is 11.5. The van der Waals surface area contributed by atoms with Crippen LogP contribution < -0.4 is 5.32 Å². The Morgan fingerprint density at radius 1 is 0.946 bits per heavy atom. The number of hydrogen-bond donors (Lipinski definition) is 2. The number of carbonyl (C=O) groups is 5. The summed E-state index contributed by atoms with van der Waals surface area (Å²) < 4.78 is 0. The Kier molecular flexibility index (Phi) is 13.6. The molecule has 0 heterocycles. The number of carbonyl (C=O) groups excluding carboxylic acids is 5. The van der Waals surface area contributed by atoms with Gasteiger partial charge in [-0.05, 0) is 45.4 Å². The molecular formula is C27H50N4O6. The summed E-state index contributed by atoms with van der Waals surface area (Å²) in [6.45, 7) is 14.0. The summed E-state index contributed by atoms with van der Waals surface area (Å²) >= 11 is 0. The predicted molar refractivity (Wildman–Crippen MR) is 143 cm³/mol. The van der Waals surface area contributed by atoms with E-state index in [4.69, 9.17) is 0 Å². The van der Waals surface area contributed by atoms with Crippen molar-refractivity contribution in [3.8, 4) is 0 Å². The van der Waals surface area contributed by atoms with Crippen LogP contribution in [0.2, 0.25) is 0 Å². The van der Waals surface area contributed by atoms with Crippen molar-refractivity contribution in [3.05, 3.63) is 0 Å². The Balaban J connectivity index is 6.43. The average Bonchev–Trinajstić information content (AvgIpc) is 2.81. The standard InChI is InChI=1S/C27H50N4O6/c1-12-13-22(34)29(9)20(6)24(35)31(11)27(17-33,16-26(7,8)37)28-23(19(4)5)25(36)30(10)21(15-32)14-18(2)3/h15,17-21,23,28,37H,12-14,16H2,1-11H3/t20?,21-,23-,27+/m0/s1. The molecule has 10 heteroatoms. The highest BCUT2D eigenvalue weighted by Gasteiger charge is 2.46. The summed E-state index contributed by atoms with van der Waals surface area (Å²) in [6, 6.07) is -2.47. The summed E-state index contributed by atoms with van der Waals surface area (Å²) in [4.78, 5) is 67.9. The van der Waals surface area contributed by atoms with E-state index in [9.17, 15) is 29.1 Å². The van der Waals surface area contributed by atoms with Crippen molar-refractivity contribution < 1.29 is 29.1 Å². The molecule has 2 N–H and O–H groups in total. The fraction of sp³-hybridized carbons (Fsp3) is 0.815. The molecule has 3 amide bonds. The maximum atomic E-state index is 13.6. The van der Waals surface area contributed by atoms with E-state index in [1.54, 1.807) is 27.8 Å². The van der Waals surface area contributed by atoms with Gasteiger partial charge in [0.2, 0.25) is 17.7 Å². The van der Waals surface area contributed by atoms with Gasteiger partial charge in [-0.3, -0.25) is 24.5 Å². The van der Waals surface area contributed by atoms with Crippen LogP contribution in [0.1, 0.15) is 81.1 Å². The Morgan fingerprint density at radius 2 is 1.49 bits per heavy atom. The van der Waals surface area contributed by atoms with Crippen LogP contribution in [0.15, 0.2) is 0 Å². The number of likely N-dealkylation sites (N-methyl/N-ethyl adjacent to an activating group) is 3. The van der Waals surface area contributed by atoms with Crippen LogP contribution in [0, 0.1) is 11.8 Å². The van der Waals surface area contributed by atoms with Crippen LogP contribution in [-0.2, 0) is 24.0 Å². The van der Waals surface area contributed by atoms with Crippen molar-refractivity contribution in [3.63, 3.8) is 0 Å². The first-order chi connectivity index (χ1) is 16.9. The fourth-order valence-electron chi connectivity index (χ4n) is 4.28. The van der Waals surface area contributed by atoms with Gasteiger partial charge in [0.05, 0.1) is 17.7 Å². The number of nitrogens with one attached hydrogen (secondary N) is 1. The third kappa shape index (κ3) is 9.81. The predicted octanol–water partition coefficient (Wildman–Crippen LogP) is 1.83. The quantitative estimate of drug-likeness (QED) is 0.232. The minimum Gasteiger partial charge on any atom is -0.390 e. The van der Waals surface area contributed by atoms with Gasteiger partial charge in [0.25, 0.3) is 0 Å². The molecule has 0 aromatic rings. The number of amides is 3. The van der Waals surface area contributed by atoms with Crippen LogP contribution in [0.25, 0.3) is 0 Å². The van der Waals surface area contributed by atoms with E-state index in [2.05, 4.69) is 5.32 Å². The monoisotopic (exact) mass is 526 g/mol. The third-order valence-corrected chi connectivity index (χ3v) is 6.68. The Hall–Kier alpha value is -2.33. The number of hydrogen-bond acceptors (Lipinski definition) is 7. The molecule has 214 valence electrons. The minimum atomic E-state index is -1.77. The van der Waals surface area contributed by atoms with E-state index in [1.807, 2.05) is 20.8 Å². The zero-order valence-corrected chi connectivity index (χ0v) is 24.7. The van der Waals surface area contributed by atoms with E-state index in [-0.39, 0.29) is 30.6 Å². The highest BCUT2D eigenvalue weighted by molar-refractivity contribution is 5.90. The highest BCUT2D eigenvalue weighted by Crippen LogP contribution is 2.26. The second kappa shape index (κ2) is 14.6. The summed E-state index contributed by atoms with van der Waals surface area (Å²) in [5.74, 6) is -1.27. The average molecular weight is 527 g/mol. The van der Waals surface area contributed by atoms with Crippen LogP contribution in [0.3, 0.4) is 0 Å². The molecule has 10 nitrogen and oxygen atoms in total. The van der Waals surface area contributed by atoms with Gasteiger partial charge in [0.1, 0.15) is 12.3 Å². The van der Waals surface area contributed by atoms with Gasteiger partial charge < -0.3 is 24.6 Å². The van der Waals surface area contributed by atoms with Crippen LogP contribution in [0.5, 0.6) is 0 Å². The molecule has 0 fully saturated rings. The molecular weight excluding hydrogens is 476 g/mol. The van der Waals surface area contributed by atoms with E-state index in [0.29, 0.717) is 19.1 Å². The van der Waals surface area contributed by atoms with Gasteiger partial charge in [0.15, 0.2) is 11.9 Å². The minimum absolute atomic E-state index is 0.179. The smallest absolute Gasteiger partial charge is 0.246 e. The SMILES string of the molecule is CCCC(=O)N(C)C(C)C(=O)N(C)[C@@](C=O)(CC(C)(C)O)N[C@H](C(=O)N(C)[C@H](C=O)CC(C)C)C(C)C. The molecule has 0 saturated carbocycles. The third-order valence-electron chi connectivity index (χ3n) is 6.68. The molecule has 0 spiro atoms. The summed E-state index contributed by atoms with van der Waals surface area (Å²) in [6.07, 6.45) is 2.43. The number of aldehydes is 2. The zero-order chi connectivity index (χ0) is 29.3. The molecule has 37 heavy (non-hydrogen) atoms. The van der Waals surface area contributed by atoms with E-state index < -0.39 is 41.2 Å². The fourth-order valence-corrected chi connectivity index (χ4v) is 4.28. The highest BCUT2D eigenvalue weighted by atomic mass is 16.3. The zero-order valence-electron chi connectivity index (χ0n) is 24.7. The second-order valence-electron chi connectivity index (χ2n) is 11.5. The molecule has 0 rings (SSSR count). The summed E-state index contributed by atoms with van der Waals surface area (Å²) in [7, 11) is 4.50. The van der Waals surface area contributed by atoms with Crippen molar-refractivity contribution in [2.45, 2.75) is 110 Å². The topological polar surface area (TPSA) is 127 Å². The Labute approximate surface area is 223 Å². The van der Waals surface area contributed by atoms with Gasteiger partial charge in [-0.1, -0.05) is 34.6 Å². The van der Waals surface area contributed by atoms with Crippen molar-refractivity contribution >= 4 is 30.3 Å². The maximum absolute atomic E-state index is 13.6. The summed E-state index contributed by atoms with van der Waals surface area (Å²) in [5, 5.41) is 13.8.